The number of halogens is 1. The zero-order chi connectivity index (χ0) is 13.8. The molecule has 2 nitrogen and oxygen atoms in total. The Bertz CT molecular complexity index is 541. The number of benzene rings is 2. The first-order valence-corrected chi connectivity index (χ1v) is 6.94. The second-order valence-electron chi connectivity index (χ2n) is 5.10. The van der Waals surface area contributed by atoms with Crippen LogP contribution in [0.15, 0.2) is 54.6 Å². The summed E-state index contributed by atoms with van der Waals surface area (Å²) in [6, 6.07) is 17.4. The van der Waals surface area contributed by atoms with E-state index in [1.807, 2.05) is 18.2 Å². The highest BCUT2D eigenvalue weighted by molar-refractivity contribution is 5.22. The summed E-state index contributed by atoms with van der Waals surface area (Å²) in [7, 11) is 0. The maximum atomic E-state index is 13.1. The van der Waals surface area contributed by atoms with Gasteiger partial charge in [-0.3, -0.25) is 4.90 Å². The molecule has 1 heterocycles. The van der Waals surface area contributed by atoms with E-state index in [2.05, 4.69) is 29.2 Å². The van der Waals surface area contributed by atoms with Crippen molar-refractivity contribution in [1.29, 1.82) is 0 Å². The maximum Gasteiger partial charge on any atom is 0.123 e. The molecular formula is C17H18FNO. The molecule has 0 spiro atoms. The van der Waals surface area contributed by atoms with Gasteiger partial charge in [-0.15, -0.1) is 0 Å². The molecule has 0 aromatic heterocycles. The van der Waals surface area contributed by atoms with Crippen molar-refractivity contribution < 1.29 is 9.13 Å². The van der Waals surface area contributed by atoms with E-state index >= 15 is 0 Å². The fourth-order valence-corrected chi connectivity index (χ4v) is 2.64. The summed E-state index contributed by atoms with van der Waals surface area (Å²) in [6.45, 7) is 3.21. The third-order valence-electron chi connectivity index (χ3n) is 3.72. The van der Waals surface area contributed by atoms with Crippen molar-refractivity contribution in [2.24, 2.45) is 0 Å². The van der Waals surface area contributed by atoms with Crippen molar-refractivity contribution in [3.8, 4) is 0 Å². The van der Waals surface area contributed by atoms with E-state index in [0.29, 0.717) is 6.61 Å². The van der Waals surface area contributed by atoms with Gasteiger partial charge in [0, 0.05) is 13.1 Å². The Morgan fingerprint density at radius 1 is 1.05 bits per heavy atom. The van der Waals surface area contributed by atoms with E-state index in [-0.39, 0.29) is 11.9 Å². The Morgan fingerprint density at radius 2 is 1.80 bits per heavy atom. The lowest BCUT2D eigenvalue weighted by atomic mass is 10.0. The molecule has 2 aromatic rings. The van der Waals surface area contributed by atoms with Crippen molar-refractivity contribution in [1.82, 2.24) is 4.90 Å². The molecule has 0 aliphatic carbocycles. The smallest absolute Gasteiger partial charge is 0.123 e. The van der Waals surface area contributed by atoms with E-state index in [1.54, 1.807) is 0 Å². The molecule has 3 rings (SSSR count). The van der Waals surface area contributed by atoms with Gasteiger partial charge in [-0.05, 0) is 23.3 Å². The highest BCUT2D eigenvalue weighted by atomic mass is 19.1. The molecule has 1 aliphatic heterocycles. The molecule has 1 fully saturated rings. The SMILES string of the molecule is Fc1ccc([C@H]2COCCN2Cc2ccccc2)cc1. The summed E-state index contributed by atoms with van der Waals surface area (Å²) in [5.74, 6) is -0.194. The normalized spacial score (nSPS) is 19.9. The third-order valence-corrected chi connectivity index (χ3v) is 3.72. The summed E-state index contributed by atoms with van der Waals surface area (Å²) >= 11 is 0. The molecule has 0 amide bonds. The lowest BCUT2D eigenvalue weighted by Gasteiger charge is -2.36. The predicted molar refractivity (Wildman–Crippen MR) is 76.8 cm³/mol. The largest absolute Gasteiger partial charge is 0.378 e. The average Bonchev–Trinajstić information content (AvgIpc) is 2.50. The van der Waals surface area contributed by atoms with Crippen molar-refractivity contribution in [2.45, 2.75) is 12.6 Å². The van der Waals surface area contributed by atoms with Gasteiger partial charge in [-0.25, -0.2) is 4.39 Å². The molecule has 3 heteroatoms. The number of hydrogen-bond acceptors (Lipinski definition) is 2. The van der Waals surface area contributed by atoms with Crippen molar-refractivity contribution in [3.63, 3.8) is 0 Å². The fourth-order valence-electron chi connectivity index (χ4n) is 2.64. The van der Waals surface area contributed by atoms with Crippen LogP contribution in [0.25, 0.3) is 0 Å². The maximum absolute atomic E-state index is 13.1. The number of ether oxygens (including phenoxy) is 1. The van der Waals surface area contributed by atoms with Crippen LogP contribution in [0.3, 0.4) is 0 Å². The Hall–Kier alpha value is -1.71. The molecule has 1 aliphatic rings. The van der Waals surface area contributed by atoms with Crippen LogP contribution in [0.5, 0.6) is 0 Å². The van der Waals surface area contributed by atoms with Crippen LogP contribution in [0.2, 0.25) is 0 Å². The number of nitrogens with zero attached hydrogens (tertiary/aromatic N) is 1. The van der Waals surface area contributed by atoms with Gasteiger partial charge in [0.05, 0.1) is 19.3 Å². The Morgan fingerprint density at radius 3 is 2.55 bits per heavy atom. The van der Waals surface area contributed by atoms with Crippen molar-refractivity contribution in [3.05, 3.63) is 71.5 Å². The van der Waals surface area contributed by atoms with E-state index in [1.165, 1.54) is 17.7 Å². The number of morpholine rings is 1. The zero-order valence-electron chi connectivity index (χ0n) is 11.3. The van der Waals surface area contributed by atoms with Crippen LogP contribution in [0, 0.1) is 5.82 Å². The quantitative estimate of drug-likeness (QED) is 0.848. The van der Waals surface area contributed by atoms with E-state index in [4.69, 9.17) is 4.74 Å². The van der Waals surface area contributed by atoms with Gasteiger partial charge in [-0.1, -0.05) is 42.5 Å². The first-order valence-electron chi connectivity index (χ1n) is 6.94. The lowest BCUT2D eigenvalue weighted by Crippen LogP contribution is -2.38. The van der Waals surface area contributed by atoms with Gasteiger partial charge in [0.25, 0.3) is 0 Å². The van der Waals surface area contributed by atoms with Gasteiger partial charge < -0.3 is 4.74 Å². The summed E-state index contributed by atoms with van der Waals surface area (Å²) in [6.07, 6.45) is 0. The minimum absolute atomic E-state index is 0.194. The first-order chi connectivity index (χ1) is 9.83. The van der Waals surface area contributed by atoms with E-state index in [9.17, 15) is 4.39 Å². The highest BCUT2D eigenvalue weighted by Crippen LogP contribution is 2.26. The molecule has 0 radical (unpaired) electrons. The van der Waals surface area contributed by atoms with Gasteiger partial charge >= 0.3 is 0 Å². The van der Waals surface area contributed by atoms with Crippen LogP contribution in [-0.4, -0.2) is 24.7 Å². The third kappa shape index (κ3) is 3.06. The van der Waals surface area contributed by atoms with Gasteiger partial charge in [0.15, 0.2) is 0 Å². The van der Waals surface area contributed by atoms with Crippen LogP contribution in [0.4, 0.5) is 4.39 Å². The summed E-state index contributed by atoms with van der Waals surface area (Å²) in [5.41, 5.74) is 2.41. The topological polar surface area (TPSA) is 12.5 Å². The Kier molecular flexibility index (Phi) is 4.09. The van der Waals surface area contributed by atoms with Crippen LogP contribution in [-0.2, 0) is 11.3 Å². The monoisotopic (exact) mass is 271 g/mol. The summed E-state index contributed by atoms with van der Waals surface area (Å²) < 4.78 is 18.7. The lowest BCUT2D eigenvalue weighted by molar-refractivity contribution is -0.0127. The summed E-state index contributed by atoms with van der Waals surface area (Å²) in [4.78, 5) is 2.39. The average molecular weight is 271 g/mol. The van der Waals surface area contributed by atoms with Crippen molar-refractivity contribution in [2.75, 3.05) is 19.8 Å². The van der Waals surface area contributed by atoms with Crippen LogP contribution < -0.4 is 0 Å². The molecule has 0 N–H and O–H groups in total. The van der Waals surface area contributed by atoms with Crippen LogP contribution >= 0.6 is 0 Å². The van der Waals surface area contributed by atoms with Gasteiger partial charge in [0.1, 0.15) is 5.82 Å². The first kappa shape index (κ1) is 13.3. The van der Waals surface area contributed by atoms with Crippen molar-refractivity contribution >= 4 is 0 Å². The molecule has 1 atom stereocenters. The zero-order valence-corrected chi connectivity index (χ0v) is 11.3. The second kappa shape index (κ2) is 6.16. The van der Waals surface area contributed by atoms with E-state index in [0.717, 1.165) is 25.3 Å². The molecule has 1 saturated heterocycles. The molecule has 20 heavy (non-hydrogen) atoms. The molecule has 2 aromatic carbocycles. The Labute approximate surface area is 118 Å². The minimum Gasteiger partial charge on any atom is -0.378 e. The summed E-state index contributed by atoms with van der Waals surface area (Å²) in [5, 5.41) is 0. The molecule has 0 bridgehead atoms. The molecule has 104 valence electrons. The fraction of sp³-hybridized carbons (Fsp3) is 0.294. The minimum atomic E-state index is -0.194. The predicted octanol–water partition coefficient (Wildman–Crippen LogP) is 3.40. The highest BCUT2D eigenvalue weighted by Gasteiger charge is 2.24. The van der Waals surface area contributed by atoms with Crippen LogP contribution in [0.1, 0.15) is 17.2 Å². The van der Waals surface area contributed by atoms with Gasteiger partial charge in [0.2, 0.25) is 0 Å². The Balaban J connectivity index is 1.78. The second-order valence-corrected chi connectivity index (χ2v) is 5.10. The van der Waals surface area contributed by atoms with E-state index < -0.39 is 0 Å². The van der Waals surface area contributed by atoms with Gasteiger partial charge in [-0.2, -0.15) is 0 Å². The molecule has 0 saturated carbocycles. The number of rotatable bonds is 3. The molecule has 0 unspecified atom stereocenters. The molecular weight excluding hydrogens is 253 g/mol. The number of hydrogen-bond donors (Lipinski definition) is 0. The standard InChI is InChI=1S/C17H18FNO/c18-16-8-6-15(7-9-16)17-13-20-11-10-19(17)12-14-4-2-1-3-5-14/h1-9,17H,10-13H2/t17-/m1/s1.